The number of nitrogens with zero attached hydrogens (tertiary/aromatic N) is 1. The molecule has 1 N–H and O–H groups in total. The van der Waals surface area contributed by atoms with E-state index < -0.39 is 5.54 Å². The molecule has 0 aromatic rings. The fourth-order valence-electron chi connectivity index (χ4n) is 1.79. The summed E-state index contributed by atoms with van der Waals surface area (Å²) in [6.45, 7) is 8.44. The third-order valence-corrected chi connectivity index (χ3v) is 2.10. The number of ether oxygens (including phenoxy) is 1. The van der Waals surface area contributed by atoms with Crippen molar-refractivity contribution >= 4 is 0 Å². The molecule has 0 amide bonds. The van der Waals surface area contributed by atoms with Crippen LogP contribution in [0.2, 0.25) is 0 Å². The molecule has 0 bridgehead atoms. The van der Waals surface area contributed by atoms with Crippen LogP contribution in [-0.4, -0.2) is 25.3 Å². The summed E-state index contributed by atoms with van der Waals surface area (Å²) in [4.78, 5) is 0. The van der Waals surface area contributed by atoms with Crippen molar-refractivity contribution in [3.63, 3.8) is 0 Å². The van der Waals surface area contributed by atoms with Gasteiger partial charge in [-0.05, 0) is 11.8 Å². The number of nitriles is 1. The third-order valence-electron chi connectivity index (χ3n) is 2.10. The van der Waals surface area contributed by atoms with Crippen LogP contribution >= 0.6 is 0 Å². The molecule has 0 aromatic carbocycles. The predicted octanol–water partition coefficient (Wildman–Crippen LogP) is 1.30. The Morgan fingerprint density at radius 1 is 1.54 bits per heavy atom. The van der Waals surface area contributed by atoms with Crippen LogP contribution in [0.15, 0.2) is 0 Å². The lowest BCUT2D eigenvalue weighted by atomic mass is 9.80. The zero-order valence-electron chi connectivity index (χ0n) is 8.68. The molecule has 0 aromatic heterocycles. The molecule has 1 atom stereocenters. The molecule has 0 radical (unpaired) electrons. The molecule has 1 saturated heterocycles. The number of morpholine rings is 1. The summed E-state index contributed by atoms with van der Waals surface area (Å²) in [5.74, 6) is 0. The van der Waals surface area contributed by atoms with E-state index in [1.807, 2.05) is 0 Å². The van der Waals surface area contributed by atoms with Crippen LogP contribution in [-0.2, 0) is 4.74 Å². The second-order valence-electron chi connectivity index (χ2n) is 4.91. The minimum absolute atomic E-state index is 0.156. The molecule has 1 unspecified atom stereocenters. The second-order valence-corrected chi connectivity index (χ2v) is 4.91. The Balaban J connectivity index is 2.65. The van der Waals surface area contributed by atoms with Crippen molar-refractivity contribution < 1.29 is 4.74 Å². The van der Waals surface area contributed by atoms with E-state index in [0.717, 1.165) is 13.0 Å². The van der Waals surface area contributed by atoms with Gasteiger partial charge in [-0.15, -0.1) is 0 Å². The van der Waals surface area contributed by atoms with Gasteiger partial charge in [-0.1, -0.05) is 20.8 Å². The van der Waals surface area contributed by atoms with Gasteiger partial charge in [0, 0.05) is 6.54 Å². The topological polar surface area (TPSA) is 45.0 Å². The molecule has 3 heteroatoms. The zero-order chi connectivity index (χ0) is 9.95. The first-order valence-corrected chi connectivity index (χ1v) is 4.72. The Morgan fingerprint density at radius 2 is 2.23 bits per heavy atom. The highest BCUT2D eigenvalue weighted by Gasteiger charge is 2.36. The van der Waals surface area contributed by atoms with Gasteiger partial charge >= 0.3 is 0 Å². The molecule has 1 aliphatic heterocycles. The van der Waals surface area contributed by atoms with Gasteiger partial charge in [0.2, 0.25) is 0 Å². The van der Waals surface area contributed by atoms with Crippen molar-refractivity contribution in [3.05, 3.63) is 0 Å². The van der Waals surface area contributed by atoms with Crippen molar-refractivity contribution in [2.45, 2.75) is 32.7 Å². The minimum Gasteiger partial charge on any atom is -0.377 e. The number of rotatable bonds is 1. The monoisotopic (exact) mass is 182 g/mol. The largest absolute Gasteiger partial charge is 0.377 e. The smallest absolute Gasteiger partial charge is 0.130 e. The molecule has 1 rings (SSSR count). The zero-order valence-corrected chi connectivity index (χ0v) is 8.68. The minimum atomic E-state index is -0.462. The Labute approximate surface area is 80.1 Å². The van der Waals surface area contributed by atoms with Gasteiger partial charge < -0.3 is 4.74 Å². The molecule has 74 valence electrons. The lowest BCUT2D eigenvalue weighted by molar-refractivity contribution is 0.0339. The van der Waals surface area contributed by atoms with Gasteiger partial charge in [-0.2, -0.15) is 5.26 Å². The first-order valence-electron chi connectivity index (χ1n) is 4.72. The Kier molecular flexibility index (Phi) is 2.94. The van der Waals surface area contributed by atoms with Gasteiger partial charge in [-0.25, -0.2) is 0 Å². The Bertz CT molecular complexity index is 206. The molecular formula is C10H18N2O. The first-order chi connectivity index (χ1) is 5.97. The summed E-state index contributed by atoms with van der Waals surface area (Å²) >= 11 is 0. The maximum absolute atomic E-state index is 9.11. The van der Waals surface area contributed by atoms with E-state index in [1.54, 1.807) is 0 Å². The summed E-state index contributed by atoms with van der Waals surface area (Å²) in [7, 11) is 0. The average molecular weight is 182 g/mol. The van der Waals surface area contributed by atoms with E-state index in [1.165, 1.54) is 0 Å². The summed E-state index contributed by atoms with van der Waals surface area (Å²) in [6, 6.07) is 2.34. The molecular weight excluding hydrogens is 164 g/mol. The van der Waals surface area contributed by atoms with Crippen molar-refractivity contribution in [2.24, 2.45) is 5.41 Å². The molecule has 0 spiro atoms. The lowest BCUT2D eigenvalue weighted by Crippen LogP contribution is -2.54. The van der Waals surface area contributed by atoms with E-state index >= 15 is 0 Å². The summed E-state index contributed by atoms with van der Waals surface area (Å²) in [5, 5.41) is 12.4. The molecule has 0 aliphatic carbocycles. The van der Waals surface area contributed by atoms with Crippen molar-refractivity contribution in [1.82, 2.24) is 5.32 Å². The van der Waals surface area contributed by atoms with Crippen LogP contribution in [0.25, 0.3) is 0 Å². The van der Waals surface area contributed by atoms with E-state index in [9.17, 15) is 0 Å². The molecule has 3 nitrogen and oxygen atoms in total. The van der Waals surface area contributed by atoms with Crippen LogP contribution in [0.4, 0.5) is 0 Å². The maximum atomic E-state index is 9.11. The van der Waals surface area contributed by atoms with Crippen LogP contribution in [0, 0.1) is 16.7 Å². The Morgan fingerprint density at radius 3 is 2.62 bits per heavy atom. The predicted molar refractivity (Wildman–Crippen MR) is 51.2 cm³/mol. The van der Waals surface area contributed by atoms with Crippen LogP contribution < -0.4 is 5.32 Å². The maximum Gasteiger partial charge on any atom is 0.130 e. The number of hydrogen-bond acceptors (Lipinski definition) is 3. The van der Waals surface area contributed by atoms with Gasteiger partial charge in [0.1, 0.15) is 5.54 Å². The highest BCUT2D eigenvalue weighted by molar-refractivity contribution is 5.10. The quantitative estimate of drug-likeness (QED) is 0.665. The number of hydrogen-bond donors (Lipinski definition) is 1. The fourth-order valence-corrected chi connectivity index (χ4v) is 1.79. The SMILES string of the molecule is CC(C)(C)CC1(C#N)COCCN1. The summed E-state index contributed by atoms with van der Waals surface area (Å²) < 4.78 is 5.34. The first kappa shape index (κ1) is 10.5. The number of nitrogens with one attached hydrogen (secondary N) is 1. The summed E-state index contributed by atoms with van der Waals surface area (Å²) in [5.41, 5.74) is -0.306. The van der Waals surface area contributed by atoms with Crippen LogP contribution in [0.3, 0.4) is 0 Å². The summed E-state index contributed by atoms with van der Waals surface area (Å²) in [6.07, 6.45) is 0.830. The third kappa shape index (κ3) is 2.98. The van der Waals surface area contributed by atoms with E-state index in [2.05, 4.69) is 32.2 Å². The van der Waals surface area contributed by atoms with Crippen molar-refractivity contribution in [1.29, 1.82) is 5.26 Å². The molecule has 0 saturated carbocycles. The fraction of sp³-hybridized carbons (Fsp3) is 0.900. The standard InChI is InChI=1S/C10H18N2O/c1-9(2,3)6-10(7-11)8-13-5-4-12-10/h12H,4-6,8H2,1-3H3. The van der Waals surface area contributed by atoms with E-state index in [0.29, 0.717) is 13.2 Å². The highest BCUT2D eigenvalue weighted by Crippen LogP contribution is 2.28. The van der Waals surface area contributed by atoms with Crippen molar-refractivity contribution in [3.8, 4) is 6.07 Å². The van der Waals surface area contributed by atoms with E-state index in [-0.39, 0.29) is 5.41 Å². The molecule has 1 aliphatic rings. The van der Waals surface area contributed by atoms with Crippen LogP contribution in [0.1, 0.15) is 27.2 Å². The van der Waals surface area contributed by atoms with Gasteiger partial charge in [0.05, 0.1) is 19.3 Å². The van der Waals surface area contributed by atoms with Gasteiger partial charge in [-0.3, -0.25) is 5.32 Å². The second kappa shape index (κ2) is 3.65. The van der Waals surface area contributed by atoms with E-state index in [4.69, 9.17) is 10.00 Å². The van der Waals surface area contributed by atoms with Crippen molar-refractivity contribution in [2.75, 3.05) is 19.8 Å². The molecule has 13 heavy (non-hydrogen) atoms. The van der Waals surface area contributed by atoms with Gasteiger partial charge in [0.15, 0.2) is 0 Å². The average Bonchev–Trinajstić information content (AvgIpc) is 2.03. The normalized spacial score (nSPS) is 29.7. The lowest BCUT2D eigenvalue weighted by Gasteiger charge is -2.36. The Hall–Kier alpha value is -0.590. The highest BCUT2D eigenvalue weighted by atomic mass is 16.5. The molecule has 1 fully saturated rings. The van der Waals surface area contributed by atoms with Gasteiger partial charge in [0.25, 0.3) is 0 Å². The molecule has 1 heterocycles. The van der Waals surface area contributed by atoms with Crippen LogP contribution in [0.5, 0.6) is 0 Å².